The third-order valence-electron chi connectivity index (χ3n) is 9.26. The van der Waals surface area contributed by atoms with E-state index in [9.17, 15) is 0 Å². The van der Waals surface area contributed by atoms with E-state index in [0.29, 0.717) is 0 Å². The first-order valence-electron chi connectivity index (χ1n) is 16.3. The third kappa shape index (κ3) is 5.13. The lowest BCUT2D eigenvalue weighted by molar-refractivity contribution is 1.29. The molecule has 2 heteroatoms. The summed E-state index contributed by atoms with van der Waals surface area (Å²) >= 11 is 1.87. The molecule has 0 N–H and O–H groups in total. The van der Waals surface area contributed by atoms with Gasteiger partial charge in [0.25, 0.3) is 0 Å². The molecule has 8 aromatic carbocycles. The van der Waals surface area contributed by atoms with Crippen LogP contribution in [0.3, 0.4) is 0 Å². The van der Waals surface area contributed by atoms with Crippen molar-refractivity contribution in [2.75, 3.05) is 4.90 Å². The van der Waals surface area contributed by atoms with Crippen molar-refractivity contribution in [2.24, 2.45) is 0 Å². The zero-order valence-electron chi connectivity index (χ0n) is 26.3. The van der Waals surface area contributed by atoms with Gasteiger partial charge in [0.05, 0.1) is 5.69 Å². The van der Waals surface area contributed by atoms with Crippen molar-refractivity contribution < 1.29 is 0 Å². The molecule has 48 heavy (non-hydrogen) atoms. The van der Waals surface area contributed by atoms with Crippen LogP contribution in [-0.2, 0) is 0 Å². The summed E-state index contributed by atoms with van der Waals surface area (Å²) in [6, 6.07) is 68.2. The fourth-order valence-electron chi connectivity index (χ4n) is 6.84. The van der Waals surface area contributed by atoms with Crippen molar-refractivity contribution in [3.05, 3.63) is 188 Å². The Morgan fingerprint density at radius 2 is 0.896 bits per heavy atom. The summed E-state index contributed by atoms with van der Waals surface area (Å²) in [7, 11) is 0. The van der Waals surface area contributed by atoms with Gasteiger partial charge in [0, 0.05) is 37.1 Å². The van der Waals surface area contributed by atoms with E-state index >= 15 is 0 Å². The molecule has 1 aromatic heterocycles. The van der Waals surface area contributed by atoms with Gasteiger partial charge < -0.3 is 4.90 Å². The van der Waals surface area contributed by atoms with E-state index in [4.69, 9.17) is 0 Å². The molecule has 0 spiro atoms. The molecule has 0 aliphatic heterocycles. The van der Waals surface area contributed by atoms with Gasteiger partial charge in [-0.15, -0.1) is 11.3 Å². The first kappa shape index (κ1) is 28.3. The van der Waals surface area contributed by atoms with Crippen LogP contribution in [0, 0.1) is 0 Å². The highest BCUT2D eigenvalue weighted by atomic mass is 32.1. The van der Waals surface area contributed by atoms with E-state index in [-0.39, 0.29) is 0 Å². The second-order valence-corrected chi connectivity index (χ2v) is 13.3. The van der Waals surface area contributed by atoms with Gasteiger partial charge in [-0.25, -0.2) is 0 Å². The predicted octanol–water partition coefficient (Wildman–Crippen LogP) is 13.7. The highest BCUT2D eigenvalue weighted by molar-refractivity contribution is 7.25. The van der Waals surface area contributed by atoms with Crippen LogP contribution in [0.25, 0.3) is 64.3 Å². The number of anilines is 3. The van der Waals surface area contributed by atoms with Crippen molar-refractivity contribution in [1.29, 1.82) is 0 Å². The van der Waals surface area contributed by atoms with Crippen LogP contribution in [0.4, 0.5) is 17.1 Å². The fraction of sp³-hybridized carbons (Fsp3) is 0. The second kappa shape index (κ2) is 12.0. The van der Waals surface area contributed by atoms with Crippen LogP contribution in [0.15, 0.2) is 188 Å². The molecule has 9 aromatic rings. The maximum atomic E-state index is 2.41. The summed E-state index contributed by atoms with van der Waals surface area (Å²) in [5.74, 6) is 0. The summed E-state index contributed by atoms with van der Waals surface area (Å²) in [5.41, 5.74) is 10.6. The van der Waals surface area contributed by atoms with Crippen LogP contribution in [0.2, 0.25) is 0 Å². The molecule has 0 aliphatic carbocycles. The Balaban J connectivity index is 1.20. The number of rotatable bonds is 6. The molecule has 0 bridgehead atoms. The minimum absolute atomic E-state index is 1.12. The van der Waals surface area contributed by atoms with Crippen molar-refractivity contribution in [1.82, 2.24) is 0 Å². The molecule has 0 saturated carbocycles. The number of hydrogen-bond acceptors (Lipinski definition) is 2. The molecule has 0 fully saturated rings. The maximum absolute atomic E-state index is 2.41. The molecule has 0 aliphatic rings. The fourth-order valence-corrected chi connectivity index (χ4v) is 7.98. The van der Waals surface area contributed by atoms with Crippen LogP contribution in [-0.4, -0.2) is 0 Å². The summed E-state index contributed by atoms with van der Waals surface area (Å²) in [6.07, 6.45) is 0. The van der Waals surface area contributed by atoms with Gasteiger partial charge in [-0.3, -0.25) is 0 Å². The minimum atomic E-state index is 1.12. The number of para-hydroxylation sites is 1. The highest BCUT2D eigenvalue weighted by Gasteiger charge is 2.18. The zero-order chi connectivity index (χ0) is 31.9. The summed E-state index contributed by atoms with van der Waals surface area (Å²) < 4.78 is 2.66. The Labute approximate surface area is 284 Å². The van der Waals surface area contributed by atoms with Crippen molar-refractivity contribution in [3.63, 3.8) is 0 Å². The maximum Gasteiger partial charge on any atom is 0.0540 e. The van der Waals surface area contributed by atoms with E-state index in [1.165, 1.54) is 64.3 Å². The van der Waals surface area contributed by atoms with E-state index in [1.54, 1.807) is 0 Å². The Kier molecular flexibility index (Phi) is 7.07. The molecule has 1 heterocycles. The van der Waals surface area contributed by atoms with Gasteiger partial charge in [0.15, 0.2) is 0 Å². The molecular formula is C46H31NS. The van der Waals surface area contributed by atoms with Crippen LogP contribution >= 0.6 is 11.3 Å². The number of thiophene rings is 1. The lowest BCUT2D eigenvalue weighted by Crippen LogP contribution is -2.11. The molecule has 0 atom stereocenters. The lowest BCUT2D eigenvalue weighted by atomic mass is 9.98. The summed E-state index contributed by atoms with van der Waals surface area (Å²) in [6.45, 7) is 0. The Bertz CT molecular complexity index is 2530. The quantitative estimate of drug-likeness (QED) is 0.177. The Morgan fingerprint density at radius 1 is 0.333 bits per heavy atom. The second-order valence-electron chi connectivity index (χ2n) is 12.2. The van der Waals surface area contributed by atoms with Gasteiger partial charge in [0.2, 0.25) is 0 Å². The molecule has 0 saturated heterocycles. The van der Waals surface area contributed by atoms with E-state index in [2.05, 4.69) is 193 Å². The first-order chi connectivity index (χ1) is 23.8. The first-order valence-corrected chi connectivity index (χ1v) is 17.2. The summed E-state index contributed by atoms with van der Waals surface area (Å²) in [4.78, 5) is 2.41. The van der Waals surface area contributed by atoms with Gasteiger partial charge in [-0.1, -0.05) is 140 Å². The standard InChI is InChI=1S/C46H31NS/c1-3-11-32(12-4-1)34-19-21-36(22-20-34)41-15-7-9-17-44(41)47(39-26-23-35(24-27-39)33-13-5-2-6-14-33)40-28-25-37-31-46-43(30-38(37)29-40)42-16-8-10-18-45(42)48-46/h1-31H. The topological polar surface area (TPSA) is 3.24 Å². The minimum Gasteiger partial charge on any atom is -0.310 e. The predicted molar refractivity (Wildman–Crippen MR) is 208 cm³/mol. The number of benzene rings is 8. The summed E-state index contributed by atoms with van der Waals surface area (Å²) in [5, 5.41) is 5.13. The molecule has 0 amide bonds. The third-order valence-corrected chi connectivity index (χ3v) is 10.4. The molecule has 1 nitrogen and oxygen atoms in total. The Hall–Kier alpha value is -5.96. The average molecular weight is 630 g/mol. The number of nitrogens with zero attached hydrogens (tertiary/aromatic N) is 1. The van der Waals surface area contributed by atoms with Gasteiger partial charge in [0.1, 0.15) is 0 Å². The Morgan fingerprint density at radius 3 is 1.62 bits per heavy atom. The van der Waals surface area contributed by atoms with Gasteiger partial charge >= 0.3 is 0 Å². The van der Waals surface area contributed by atoms with Crippen LogP contribution in [0.5, 0.6) is 0 Å². The largest absolute Gasteiger partial charge is 0.310 e. The van der Waals surface area contributed by atoms with Crippen LogP contribution in [0.1, 0.15) is 0 Å². The van der Waals surface area contributed by atoms with Crippen molar-refractivity contribution in [3.8, 4) is 33.4 Å². The zero-order valence-corrected chi connectivity index (χ0v) is 27.1. The van der Waals surface area contributed by atoms with Gasteiger partial charge in [-0.2, -0.15) is 0 Å². The molecule has 9 rings (SSSR count). The number of hydrogen-bond donors (Lipinski definition) is 0. The molecule has 0 unspecified atom stereocenters. The van der Waals surface area contributed by atoms with Crippen LogP contribution < -0.4 is 4.90 Å². The van der Waals surface area contributed by atoms with E-state index in [0.717, 1.165) is 17.1 Å². The van der Waals surface area contributed by atoms with Crippen molar-refractivity contribution in [2.45, 2.75) is 0 Å². The van der Waals surface area contributed by atoms with Crippen molar-refractivity contribution >= 4 is 59.3 Å². The van der Waals surface area contributed by atoms with E-state index in [1.807, 2.05) is 11.3 Å². The lowest BCUT2D eigenvalue weighted by Gasteiger charge is -2.28. The van der Waals surface area contributed by atoms with E-state index < -0.39 is 0 Å². The molecule has 226 valence electrons. The number of fused-ring (bicyclic) bond motifs is 4. The highest BCUT2D eigenvalue weighted by Crippen LogP contribution is 2.43. The smallest absolute Gasteiger partial charge is 0.0540 e. The van der Waals surface area contributed by atoms with Gasteiger partial charge in [-0.05, 0) is 87.1 Å². The normalized spacial score (nSPS) is 11.3. The molecule has 0 radical (unpaired) electrons. The SMILES string of the molecule is c1ccc(-c2ccc(-c3ccccc3N(c3ccc(-c4ccccc4)cc3)c3ccc4cc5sc6ccccc6c5cc4c3)cc2)cc1. The molecular weight excluding hydrogens is 599 g/mol. The monoisotopic (exact) mass is 629 g/mol. The average Bonchev–Trinajstić information content (AvgIpc) is 3.52.